The number of aliphatic hydroxyl groups excluding tert-OH is 1. The summed E-state index contributed by atoms with van der Waals surface area (Å²) in [6.45, 7) is 0.635. The fourth-order valence-electron chi connectivity index (χ4n) is 2.49. The van der Waals surface area contributed by atoms with Gasteiger partial charge in [-0.15, -0.1) is 0 Å². The second kappa shape index (κ2) is 5.52. The zero-order valence-electron chi connectivity index (χ0n) is 10.2. The number of benzene rings is 1. The van der Waals surface area contributed by atoms with Gasteiger partial charge in [0.1, 0.15) is 5.82 Å². The van der Waals surface area contributed by atoms with Crippen molar-refractivity contribution in [1.29, 1.82) is 0 Å². The number of aliphatic hydroxyl groups is 1. The number of nitrogens with two attached hydrogens (primary N) is 1. The second-order valence-electron chi connectivity index (χ2n) is 4.70. The van der Waals surface area contributed by atoms with Crippen molar-refractivity contribution in [2.24, 2.45) is 0 Å². The topological polar surface area (TPSA) is 49.5 Å². The maximum Gasteiger partial charge on any atom is 0.151 e. The van der Waals surface area contributed by atoms with Gasteiger partial charge >= 0.3 is 0 Å². The molecule has 1 atom stereocenters. The lowest BCUT2D eigenvalue weighted by Gasteiger charge is -2.31. The van der Waals surface area contributed by atoms with Crippen LogP contribution in [0.5, 0.6) is 0 Å². The van der Waals surface area contributed by atoms with Crippen LogP contribution in [0.15, 0.2) is 12.1 Å². The molecule has 100 valence electrons. The first kappa shape index (κ1) is 13.1. The van der Waals surface area contributed by atoms with Crippen molar-refractivity contribution in [2.75, 3.05) is 23.8 Å². The first-order chi connectivity index (χ1) is 8.63. The molecular weight excluding hydrogens is 238 g/mol. The van der Waals surface area contributed by atoms with Gasteiger partial charge in [-0.1, -0.05) is 12.8 Å². The second-order valence-corrected chi connectivity index (χ2v) is 4.70. The SMILES string of the molecule is Nc1c(F)cc(F)cc1N1CCCCCC1CO. The minimum atomic E-state index is -0.745. The van der Waals surface area contributed by atoms with E-state index in [1.807, 2.05) is 4.90 Å². The van der Waals surface area contributed by atoms with Crippen LogP contribution in [0.1, 0.15) is 25.7 Å². The lowest BCUT2D eigenvalue weighted by Crippen LogP contribution is -2.38. The summed E-state index contributed by atoms with van der Waals surface area (Å²) in [5.41, 5.74) is 6.00. The van der Waals surface area contributed by atoms with E-state index < -0.39 is 11.6 Å². The minimum Gasteiger partial charge on any atom is -0.395 e. The van der Waals surface area contributed by atoms with Crippen LogP contribution in [0, 0.1) is 11.6 Å². The molecule has 2 rings (SSSR count). The molecule has 1 unspecified atom stereocenters. The summed E-state index contributed by atoms with van der Waals surface area (Å²) >= 11 is 0. The Morgan fingerprint density at radius 1 is 1.28 bits per heavy atom. The van der Waals surface area contributed by atoms with Crippen molar-refractivity contribution in [3.05, 3.63) is 23.8 Å². The zero-order chi connectivity index (χ0) is 13.1. The molecule has 0 radical (unpaired) electrons. The molecule has 1 aliphatic rings. The van der Waals surface area contributed by atoms with Crippen molar-refractivity contribution in [3.8, 4) is 0 Å². The van der Waals surface area contributed by atoms with Gasteiger partial charge in [-0.2, -0.15) is 0 Å². The van der Waals surface area contributed by atoms with Gasteiger partial charge in [0.2, 0.25) is 0 Å². The molecule has 0 saturated carbocycles. The Morgan fingerprint density at radius 2 is 2.06 bits per heavy atom. The van der Waals surface area contributed by atoms with E-state index in [1.54, 1.807) is 0 Å². The average Bonchev–Trinajstić information content (AvgIpc) is 2.58. The molecule has 0 spiro atoms. The molecule has 0 bridgehead atoms. The number of halogens is 2. The van der Waals surface area contributed by atoms with Crippen molar-refractivity contribution in [1.82, 2.24) is 0 Å². The summed E-state index contributed by atoms with van der Waals surface area (Å²) in [7, 11) is 0. The third-order valence-electron chi connectivity index (χ3n) is 3.47. The van der Waals surface area contributed by atoms with Crippen LogP contribution in [-0.2, 0) is 0 Å². The highest BCUT2D eigenvalue weighted by atomic mass is 19.1. The summed E-state index contributed by atoms with van der Waals surface area (Å²) in [5, 5.41) is 9.41. The predicted octanol–water partition coefficient (Wildman–Crippen LogP) is 2.29. The van der Waals surface area contributed by atoms with Crippen LogP contribution in [0.25, 0.3) is 0 Å². The largest absolute Gasteiger partial charge is 0.395 e. The number of nitrogen functional groups attached to an aromatic ring is 1. The Labute approximate surface area is 105 Å². The van der Waals surface area contributed by atoms with Gasteiger partial charge in [0.15, 0.2) is 5.82 Å². The van der Waals surface area contributed by atoms with Gasteiger partial charge in [0, 0.05) is 12.6 Å². The minimum absolute atomic E-state index is 0.0302. The summed E-state index contributed by atoms with van der Waals surface area (Å²) in [4.78, 5) is 1.83. The van der Waals surface area contributed by atoms with E-state index in [0.29, 0.717) is 12.2 Å². The number of hydrogen-bond donors (Lipinski definition) is 2. The van der Waals surface area contributed by atoms with Gasteiger partial charge in [0.05, 0.1) is 24.0 Å². The van der Waals surface area contributed by atoms with Crippen LogP contribution in [0.3, 0.4) is 0 Å². The molecule has 1 aromatic carbocycles. The Kier molecular flexibility index (Phi) is 4.01. The molecule has 0 aromatic heterocycles. The predicted molar refractivity (Wildman–Crippen MR) is 67.5 cm³/mol. The van der Waals surface area contributed by atoms with E-state index in [4.69, 9.17) is 5.73 Å². The van der Waals surface area contributed by atoms with Crippen molar-refractivity contribution in [2.45, 2.75) is 31.7 Å². The quantitative estimate of drug-likeness (QED) is 0.798. The number of nitrogens with zero attached hydrogens (tertiary/aromatic N) is 1. The molecular formula is C13H18F2N2O. The monoisotopic (exact) mass is 256 g/mol. The van der Waals surface area contributed by atoms with Crippen LogP contribution >= 0.6 is 0 Å². The maximum absolute atomic E-state index is 13.5. The smallest absolute Gasteiger partial charge is 0.151 e. The van der Waals surface area contributed by atoms with Crippen LogP contribution in [0.2, 0.25) is 0 Å². The molecule has 3 nitrogen and oxygen atoms in total. The van der Waals surface area contributed by atoms with Crippen LogP contribution in [-0.4, -0.2) is 24.3 Å². The fourth-order valence-corrected chi connectivity index (χ4v) is 2.49. The molecule has 5 heteroatoms. The molecule has 1 aliphatic heterocycles. The number of hydrogen-bond acceptors (Lipinski definition) is 3. The maximum atomic E-state index is 13.5. The van der Waals surface area contributed by atoms with E-state index >= 15 is 0 Å². The lowest BCUT2D eigenvalue weighted by atomic mass is 10.1. The first-order valence-corrected chi connectivity index (χ1v) is 6.25. The summed E-state index contributed by atoms with van der Waals surface area (Å²) in [5.74, 6) is -1.39. The third-order valence-corrected chi connectivity index (χ3v) is 3.47. The van der Waals surface area contributed by atoms with Gasteiger partial charge < -0.3 is 15.7 Å². The highest BCUT2D eigenvalue weighted by molar-refractivity contribution is 5.68. The summed E-state index contributed by atoms with van der Waals surface area (Å²) in [6, 6.07) is 1.91. The Bertz CT molecular complexity index is 426. The molecule has 0 amide bonds. The average molecular weight is 256 g/mol. The van der Waals surface area contributed by atoms with Gasteiger partial charge in [-0.3, -0.25) is 0 Å². The molecule has 18 heavy (non-hydrogen) atoms. The van der Waals surface area contributed by atoms with Crippen LogP contribution < -0.4 is 10.6 Å². The highest BCUT2D eigenvalue weighted by Crippen LogP contribution is 2.31. The zero-order valence-corrected chi connectivity index (χ0v) is 10.2. The Balaban J connectivity index is 2.38. The van der Waals surface area contributed by atoms with Crippen molar-refractivity contribution in [3.63, 3.8) is 0 Å². The van der Waals surface area contributed by atoms with E-state index in [1.165, 1.54) is 6.07 Å². The van der Waals surface area contributed by atoms with Crippen molar-refractivity contribution < 1.29 is 13.9 Å². The van der Waals surface area contributed by atoms with E-state index in [9.17, 15) is 13.9 Å². The fraction of sp³-hybridized carbons (Fsp3) is 0.538. The summed E-state index contributed by atoms with van der Waals surface area (Å²) < 4.78 is 26.8. The molecule has 1 saturated heterocycles. The molecule has 1 aromatic rings. The Hall–Kier alpha value is -1.36. The Morgan fingerprint density at radius 3 is 2.78 bits per heavy atom. The number of rotatable bonds is 2. The van der Waals surface area contributed by atoms with Gasteiger partial charge in [0.25, 0.3) is 0 Å². The first-order valence-electron chi connectivity index (χ1n) is 6.25. The summed E-state index contributed by atoms with van der Waals surface area (Å²) in [6.07, 6.45) is 3.83. The van der Waals surface area contributed by atoms with Gasteiger partial charge in [-0.25, -0.2) is 8.78 Å². The van der Waals surface area contributed by atoms with E-state index in [0.717, 1.165) is 31.7 Å². The van der Waals surface area contributed by atoms with E-state index in [-0.39, 0.29) is 18.3 Å². The lowest BCUT2D eigenvalue weighted by molar-refractivity contribution is 0.255. The van der Waals surface area contributed by atoms with Crippen LogP contribution in [0.4, 0.5) is 20.2 Å². The van der Waals surface area contributed by atoms with E-state index in [2.05, 4.69) is 0 Å². The molecule has 0 aliphatic carbocycles. The molecule has 1 fully saturated rings. The van der Waals surface area contributed by atoms with Crippen molar-refractivity contribution >= 4 is 11.4 Å². The molecule has 3 N–H and O–H groups in total. The standard InChI is InChI=1S/C13H18F2N2O/c14-9-6-11(15)13(16)12(7-9)17-5-3-1-2-4-10(17)8-18/h6-7,10,18H,1-5,8,16H2. The normalized spacial score (nSPS) is 20.8. The highest BCUT2D eigenvalue weighted by Gasteiger charge is 2.23. The third kappa shape index (κ3) is 2.56. The number of anilines is 2. The van der Waals surface area contributed by atoms with Gasteiger partial charge in [-0.05, 0) is 18.9 Å². The molecule has 1 heterocycles.